The molecule has 2 aromatic carbocycles. The first-order valence-corrected chi connectivity index (χ1v) is 6.97. The summed E-state index contributed by atoms with van der Waals surface area (Å²) >= 11 is 0. The molecule has 0 aliphatic heterocycles. The Hall–Kier alpha value is -2.62. The Labute approximate surface area is 123 Å². The minimum atomic E-state index is 0.311. The molecule has 0 amide bonds. The number of benzene rings is 2. The highest BCUT2D eigenvalue weighted by atomic mass is 16.3. The van der Waals surface area contributed by atoms with Crippen LogP contribution in [0.5, 0.6) is 5.75 Å². The number of aromatic hydroxyl groups is 1. The second-order valence-electron chi connectivity index (χ2n) is 5.10. The van der Waals surface area contributed by atoms with Crippen molar-refractivity contribution in [1.82, 2.24) is 15.0 Å². The highest BCUT2D eigenvalue weighted by molar-refractivity contribution is 5.34. The van der Waals surface area contributed by atoms with Crippen LogP contribution in [-0.4, -0.2) is 20.1 Å². The van der Waals surface area contributed by atoms with Crippen LogP contribution >= 0.6 is 0 Å². The van der Waals surface area contributed by atoms with Crippen molar-refractivity contribution in [2.45, 2.75) is 19.8 Å². The fraction of sp³-hybridized carbons (Fsp3) is 0.176. The Bertz CT molecular complexity index is 735. The van der Waals surface area contributed by atoms with Gasteiger partial charge in [-0.3, -0.25) is 0 Å². The third-order valence-electron chi connectivity index (χ3n) is 3.54. The second kappa shape index (κ2) is 5.79. The van der Waals surface area contributed by atoms with Gasteiger partial charge in [0, 0.05) is 0 Å². The SMILES string of the molecule is Cc1cc(O)ccc1CCc1cn(-c2ccccc2)nn1. The van der Waals surface area contributed by atoms with Gasteiger partial charge < -0.3 is 5.11 Å². The molecule has 3 aromatic rings. The highest BCUT2D eigenvalue weighted by Gasteiger charge is 2.05. The quantitative estimate of drug-likeness (QED) is 0.798. The number of phenols is 1. The van der Waals surface area contributed by atoms with Crippen molar-refractivity contribution >= 4 is 0 Å². The van der Waals surface area contributed by atoms with E-state index in [2.05, 4.69) is 10.3 Å². The van der Waals surface area contributed by atoms with Crippen LogP contribution < -0.4 is 0 Å². The van der Waals surface area contributed by atoms with E-state index >= 15 is 0 Å². The molecule has 0 aliphatic carbocycles. The van der Waals surface area contributed by atoms with Crippen molar-refractivity contribution < 1.29 is 5.11 Å². The van der Waals surface area contributed by atoms with E-state index in [1.54, 1.807) is 16.8 Å². The number of aromatic nitrogens is 3. The summed E-state index contributed by atoms with van der Waals surface area (Å²) < 4.78 is 1.79. The van der Waals surface area contributed by atoms with Crippen LogP contribution in [-0.2, 0) is 12.8 Å². The minimum Gasteiger partial charge on any atom is -0.508 e. The largest absolute Gasteiger partial charge is 0.508 e. The van der Waals surface area contributed by atoms with E-state index in [4.69, 9.17) is 0 Å². The highest BCUT2D eigenvalue weighted by Crippen LogP contribution is 2.17. The average molecular weight is 279 g/mol. The Morgan fingerprint density at radius 2 is 1.86 bits per heavy atom. The molecule has 0 saturated heterocycles. The van der Waals surface area contributed by atoms with E-state index < -0.39 is 0 Å². The van der Waals surface area contributed by atoms with Crippen molar-refractivity contribution in [2.24, 2.45) is 0 Å². The summed E-state index contributed by atoms with van der Waals surface area (Å²) in [4.78, 5) is 0. The number of para-hydroxylation sites is 1. The van der Waals surface area contributed by atoms with Gasteiger partial charge in [-0.25, -0.2) is 4.68 Å². The molecule has 4 heteroatoms. The number of rotatable bonds is 4. The van der Waals surface area contributed by atoms with Crippen LogP contribution in [0.25, 0.3) is 5.69 Å². The number of hydrogen-bond acceptors (Lipinski definition) is 3. The van der Waals surface area contributed by atoms with E-state index in [1.165, 1.54) is 5.56 Å². The smallest absolute Gasteiger partial charge is 0.115 e. The lowest BCUT2D eigenvalue weighted by atomic mass is 10.0. The Kier molecular flexibility index (Phi) is 3.69. The molecule has 0 unspecified atom stereocenters. The maximum Gasteiger partial charge on any atom is 0.115 e. The lowest BCUT2D eigenvalue weighted by molar-refractivity contribution is 0.474. The number of hydrogen-bond donors (Lipinski definition) is 1. The zero-order chi connectivity index (χ0) is 14.7. The van der Waals surface area contributed by atoms with Gasteiger partial charge in [0.1, 0.15) is 5.75 Å². The summed E-state index contributed by atoms with van der Waals surface area (Å²) in [6.07, 6.45) is 3.68. The van der Waals surface area contributed by atoms with Gasteiger partial charge in [0.25, 0.3) is 0 Å². The van der Waals surface area contributed by atoms with Gasteiger partial charge in [0.05, 0.1) is 17.6 Å². The van der Waals surface area contributed by atoms with Crippen molar-refractivity contribution in [3.63, 3.8) is 0 Å². The van der Waals surface area contributed by atoms with Gasteiger partial charge in [-0.05, 0) is 55.2 Å². The Morgan fingerprint density at radius 1 is 1.05 bits per heavy atom. The van der Waals surface area contributed by atoms with Gasteiger partial charge in [0.15, 0.2) is 0 Å². The first kappa shape index (κ1) is 13.4. The maximum absolute atomic E-state index is 9.43. The fourth-order valence-corrected chi connectivity index (χ4v) is 2.34. The standard InChI is InChI=1S/C17H17N3O/c1-13-11-17(21)10-8-14(13)7-9-15-12-20(19-18-15)16-5-3-2-4-6-16/h2-6,8,10-12,21H,7,9H2,1H3. The topological polar surface area (TPSA) is 50.9 Å². The maximum atomic E-state index is 9.43. The molecule has 106 valence electrons. The van der Waals surface area contributed by atoms with Crippen molar-refractivity contribution in [3.05, 3.63) is 71.5 Å². The van der Waals surface area contributed by atoms with Crippen LogP contribution in [0.3, 0.4) is 0 Å². The fourth-order valence-electron chi connectivity index (χ4n) is 2.34. The van der Waals surface area contributed by atoms with E-state index in [9.17, 15) is 5.11 Å². The van der Waals surface area contributed by atoms with Crippen LogP contribution in [0.1, 0.15) is 16.8 Å². The van der Waals surface area contributed by atoms with Crippen LogP contribution in [0.15, 0.2) is 54.7 Å². The van der Waals surface area contributed by atoms with E-state index in [0.29, 0.717) is 5.75 Å². The summed E-state index contributed by atoms with van der Waals surface area (Å²) in [5, 5.41) is 17.8. The normalized spacial score (nSPS) is 10.7. The van der Waals surface area contributed by atoms with Gasteiger partial charge in [-0.15, -0.1) is 5.10 Å². The number of phenolic OH excluding ortho intramolecular Hbond substituents is 1. The van der Waals surface area contributed by atoms with Crippen LogP contribution in [0.4, 0.5) is 0 Å². The molecule has 0 saturated carbocycles. The first-order chi connectivity index (χ1) is 10.2. The monoisotopic (exact) mass is 279 g/mol. The molecule has 1 N–H and O–H groups in total. The molecule has 3 rings (SSSR count). The minimum absolute atomic E-state index is 0.311. The van der Waals surface area contributed by atoms with E-state index in [0.717, 1.165) is 29.8 Å². The first-order valence-electron chi connectivity index (χ1n) is 6.97. The lowest BCUT2D eigenvalue weighted by Gasteiger charge is -2.04. The molecule has 0 bridgehead atoms. The molecule has 0 spiro atoms. The summed E-state index contributed by atoms with van der Waals surface area (Å²) in [5.74, 6) is 0.311. The van der Waals surface area contributed by atoms with E-state index in [-0.39, 0.29) is 0 Å². The zero-order valence-corrected chi connectivity index (χ0v) is 11.9. The van der Waals surface area contributed by atoms with E-state index in [1.807, 2.05) is 49.5 Å². The van der Waals surface area contributed by atoms with Gasteiger partial charge in [-0.2, -0.15) is 0 Å². The number of aryl methyl sites for hydroxylation is 3. The van der Waals surface area contributed by atoms with Crippen LogP contribution in [0.2, 0.25) is 0 Å². The number of nitrogens with zero attached hydrogens (tertiary/aromatic N) is 3. The predicted molar refractivity (Wildman–Crippen MR) is 81.6 cm³/mol. The molecule has 0 radical (unpaired) electrons. The zero-order valence-electron chi connectivity index (χ0n) is 11.9. The molecule has 4 nitrogen and oxygen atoms in total. The third-order valence-corrected chi connectivity index (χ3v) is 3.54. The van der Waals surface area contributed by atoms with Crippen molar-refractivity contribution in [1.29, 1.82) is 0 Å². The third kappa shape index (κ3) is 3.11. The molecule has 0 atom stereocenters. The molecule has 1 heterocycles. The molecule has 1 aromatic heterocycles. The summed E-state index contributed by atoms with van der Waals surface area (Å²) in [5.41, 5.74) is 4.30. The summed E-state index contributed by atoms with van der Waals surface area (Å²) in [7, 11) is 0. The average Bonchev–Trinajstić information content (AvgIpc) is 2.96. The van der Waals surface area contributed by atoms with Crippen molar-refractivity contribution in [3.8, 4) is 11.4 Å². The van der Waals surface area contributed by atoms with Gasteiger partial charge >= 0.3 is 0 Å². The summed E-state index contributed by atoms with van der Waals surface area (Å²) in [6.45, 7) is 2.01. The Balaban J connectivity index is 1.70. The molecular weight excluding hydrogens is 262 g/mol. The van der Waals surface area contributed by atoms with Crippen molar-refractivity contribution in [2.75, 3.05) is 0 Å². The molecule has 0 fully saturated rings. The predicted octanol–water partition coefficient (Wildman–Crippen LogP) is 3.07. The molecular formula is C17H17N3O. The summed E-state index contributed by atoms with van der Waals surface area (Å²) in [6, 6.07) is 15.4. The van der Waals surface area contributed by atoms with Crippen LogP contribution in [0, 0.1) is 6.92 Å². The second-order valence-corrected chi connectivity index (χ2v) is 5.10. The van der Waals surface area contributed by atoms with Gasteiger partial charge in [0.2, 0.25) is 0 Å². The van der Waals surface area contributed by atoms with Gasteiger partial charge in [-0.1, -0.05) is 29.5 Å². The lowest BCUT2D eigenvalue weighted by Crippen LogP contribution is -1.94. The Morgan fingerprint density at radius 3 is 2.62 bits per heavy atom. The molecule has 21 heavy (non-hydrogen) atoms. The molecule has 0 aliphatic rings.